The van der Waals surface area contributed by atoms with E-state index in [1.165, 1.54) is 5.56 Å². The Morgan fingerprint density at radius 1 is 1.38 bits per heavy atom. The molecule has 0 saturated carbocycles. The van der Waals surface area contributed by atoms with Gasteiger partial charge in [0.25, 0.3) is 0 Å². The molecular formula is C16H19N5. The van der Waals surface area contributed by atoms with Crippen molar-refractivity contribution >= 4 is 5.82 Å². The van der Waals surface area contributed by atoms with E-state index in [0.717, 1.165) is 54.7 Å². The van der Waals surface area contributed by atoms with Crippen LogP contribution in [0.15, 0.2) is 6.20 Å². The Morgan fingerprint density at radius 3 is 2.81 bits per heavy atom. The van der Waals surface area contributed by atoms with Gasteiger partial charge in [0.15, 0.2) is 0 Å². The summed E-state index contributed by atoms with van der Waals surface area (Å²) in [6, 6.07) is 2.24. The number of hydrogen-bond acceptors (Lipinski definition) is 4. The van der Waals surface area contributed by atoms with Gasteiger partial charge in [-0.05, 0) is 45.1 Å². The first kappa shape index (κ1) is 13.6. The van der Waals surface area contributed by atoms with Crippen LogP contribution in [-0.4, -0.2) is 14.8 Å². The molecule has 0 spiro atoms. The van der Waals surface area contributed by atoms with Crippen LogP contribution in [-0.2, 0) is 19.4 Å². The summed E-state index contributed by atoms with van der Waals surface area (Å²) in [5.74, 6) is 0.344. The highest BCUT2D eigenvalue weighted by molar-refractivity contribution is 5.80. The van der Waals surface area contributed by atoms with Crippen LogP contribution in [0, 0.1) is 18.3 Å². The largest absolute Gasteiger partial charge is 0.383 e. The summed E-state index contributed by atoms with van der Waals surface area (Å²) in [6.45, 7) is 4.85. The summed E-state index contributed by atoms with van der Waals surface area (Å²) >= 11 is 0. The molecule has 0 atom stereocenters. The molecule has 0 fully saturated rings. The number of nitrogens with two attached hydrogens (primary N) is 1. The lowest BCUT2D eigenvalue weighted by molar-refractivity contribution is 0.653. The molecule has 0 aliphatic heterocycles. The number of fused-ring (bicyclic) bond motifs is 1. The van der Waals surface area contributed by atoms with Gasteiger partial charge in [-0.1, -0.05) is 0 Å². The number of nitrogen functional groups attached to an aromatic ring is 1. The molecule has 21 heavy (non-hydrogen) atoms. The van der Waals surface area contributed by atoms with Gasteiger partial charge in [0, 0.05) is 29.6 Å². The summed E-state index contributed by atoms with van der Waals surface area (Å²) in [6.07, 6.45) is 6.19. The van der Waals surface area contributed by atoms with Gasteiger partial charge in [0.1, 0.15) is 17.5 Å². The van der Waals surface area contributed by atoms with E-state index in [9.17, 15) is 5.26 Å². The van der Waals surface area contributed by atoms with Crippen molar-refractivity contribution in [1.82, 2.24) is 14.8 Å². The number of aryl methyl sites for hydroxylation is 3. The van der Waals surface area contributed by atoms with E-state index >= 15 is 0 Å². The van der Waals surface area contributed by atoms with E-state index < -0.39 is 0 Å². The highest BCUT2D eigenvalue weighted by atomic mass is 15.3. The molecule has 2 N–H and O–H groups in total. The number of nitriles is 1. The average molecular weight is 281 g/mol. The summed E-state index contributed by atoms with van der Waals surface area (Å²) in [4.78, 5) is 4.46. The van der Waals surface area contributed by atoms with Crippen molar-refractivity contribution < 1.29 is 0 Å². The van der Waals surface area contributed by atoms with Gasteiger partial charge >= 0.3 is 0 Å². The molecule has 0 unspecified atom stereocenters. The second-order valence-corrected chi connectivity index (χ2v) is 5.48. The van der Waals surface area contributed by atoms with Crippen molar-refractivity contribution in [3.05, 3.63) is 28.7 Å². The van der Waals surface area contributed by atoms with E-state index in [1.54, 1.807) is 0 Å². The molecule has 0 saturated heterocycles. The van der Waals surface area contributed by atoms with Crippen LogP contribution >= 0.6 is 0 Å². The standard InChI is InChI=1S/C16H19N5/c1-3-21-9-13(10(2)20-21)15-11-6-4-5-7-14(11)19-16(18)12(15)8-17/h9H,3-7H2,1-2H3,(H2,18,19). The maximum atomic E-state index is 9.52. The summed E-state index contributed by atoms with van der Waals surface area (Å²) < 4.78 is 1.90. The number of anilines is 1. The zero-order valence-corrected chi connectivity index (χ0v) is 12.5. The third kappa shape index (κ3) is 2.17. The molecule has 5 heteroatoms. The van der Waals surface area contributed by atoms with Crippen molar-refractivity contribution in [2.75, 3.05) is 5.73 Å². The molecule has 2 heterocycles. The Bertz CT molecular complexity index is 736. The molecule has 1 aliphatic carbocycles. The molecule has 0 aromatic carbocycles. The van der Waals surface area contributed by atoms with Gasteiger partial charge in [-0.25, -0.2) is 4.98 Å². The predicted octanol–water partition coefficient (Wildman–Crippen LogP) is 2.61. The van der Waals surface area contributed by atoms with Crippen LogP contribution < -0.4 is 5.73 Å². The first-order valence-electron chi connectivity index (χ1n) is 7.41. The normalized spacial score (nSPS) is 13.8. The quantitative estimate of drug-likeness (QED) is 0.917. The van der Waals surface area contributed by atoms with Crippen LogP contribution in [0.4, 0.5) is 5.82 Å². The van der Waals surface area contributed by atoms with Gasteiger partial charge in [0.2, 0.25) is 0 Å². The van der Waals surface area contributed by atoms with E-state index in [0.29, 0.717) is 11.4 Å². The fourth-order valence-corrected chi connectivity index (χ4v) is 3.10. The SMILES string of the molecule is CCn1cc(-c2c(C#N)c(N)nc3c2CCCC3)c(C)n1. The minimum absolute atomic E-state index is 0.344. The van der Waals surface area contributed by atoms with E-state index in [-0.39, 0.29) is 0 Å². The number of nitrogens with zero attached hydrogens (tertiary/aromatic N) is 4. The van der Waals surface area contributed by atoms with Crippen molar-refractivity contribution in [2.45, 2.75) is 46.1 Å². The third-order valence-electron chi connectivity index (χ3n) is 4.15. The summed E-state index contributed by atoms with van der Waals surface area (Å²) in [5, 5.41) is 14.0. The Balaban J connectivity index is 2.31. The molecule has 2 aromatic rings. The zero-order valence-electron chi connectivity index (χ0n) is 12.5. The molecule has 0 radical (unpaired) electrons. The lowest BCUT2D eigenvalue weighted by Crippen LogP contribution is -2.12. The van der Waals surface area contributed by atoms with Gasteiger partial charge in [-0.2, -0.15) is 10.4 Å². The second kappa shape index (κ2) is 5.21. The molecular weight excluding hydrogens is 262 g/mol. The number of pyridine rings is 1. The number of aromatic nitrogens is 3. The van der Waals surface area contributed by atoms with Crippen LogP contribution in [0.25, 0.3) is 11.1 Å². The Hall–Kier alpha value is -2.35. The molecule has 108 valence electrons. The van der Waals surface area contributed by atoms with Gasteiger partial charge in [0.05, 0.1) is 5.69 Å². The van der Waals surface area contributed by atoms with Crippen molar-refractivity contribution in [1.29, 1.82) is 5.26 Å². The van der Waals surface area contributed by atoms with Crippen molar-refractivity contribution in [3.63, 3.8) is 0 Å². The monoisotopic (exact) mass is 281 g/mol. The predicted molar refractivity (Wildman–Crippen MR) is 81.6 cm³/mol. The van der Waals surface area contributed by atoms with Crippen LogP contribution in [0.1, 0.15) is 42.3 Å². The molecule has 5 nitrogen and oxygen atoms in total. The minimum Gasteiger partial charge on any atom is -0.383 e. The molecule has 0 bridgehead atoms. The Morgan fingerprint density at radius 2 is 2.14 bits per heavy atom. The highest BCUT2D eigenvalue weighted by Crippen LogP contribution is 2.36. The Labute approximate surface area is 124 Å². The summed E-state index contributed by atoms with van der Waals surface area (Å²) in [7, 11) is 0. The molecule has 2 aromatic heterocycles. The zero-order chi connectivity index (χ0) is 15.0. The number of rotatable bonds is 2. The molecule has 0 amide bonds. The lowest BCUT2D eigenvalue weighted by Gasteiger charge is -2.20. The molecule has 3 rings (SSSR count). The summed E-state index contributed by atoms with van der Waals surface area (Å²) in [5.41, 5.74) is 11.7. The van der Waals surface area contributed by atoms with Crippen molar-refractivity contribution in [2.24, 2.45) is 0 Å². The maximum Gasteiger partial charge on any atom is 0.142 e. The first-order chi connectivity index (χ1) is 10.2. The van der Waals surface area contributed by atoms with E-state index in [2.05, 4.69) is 23.1 Å². The minimum atomic E-state index is 0.344. The average Bonchev–Trinajstić information content (AvgIpc) is 2.86. The fraction of sp³-hybridized carbons (Fsp3) is 0.438. The topological polar surface area (TPSA) is 80.5 Å². The molecule has 1 aliphatic rings. The van der Waals surface area contributed by atoms with Crippen LogP contribution in [0.2, 0.25) is 0 Å². The maximum absolute atomic E-state index is 9.52. The lowest BCUT2D eigenvalue weighted by atomic mass is 9.87. The van der Waals surface area contributed by atoms with E-state index in [4.69, 9.17) is 5.73 Å². The second-order valence-electron chi connectivity index (χ2n) is 5.48. The van der Waals surface area contributed by atoms with Gasteiger partial charge in [-0.15, -0.1) is 0 Å². The third-order valence-corrected chi connectivity index (χ3v) is 4.15. The highest BCUT2D eigenvalue weighted by Gasteiger charge is 2.24. The smallest absolute Gasteiger partial charge is 0.142 e. The van der Waals surface area contributed by atoms with Crippen molar-refractivity contribution in [3.8, 4) is 17.2 Å². The van der Waals surface area contributed by atoms with E-state index in [1.807, 2.05) is 17.8 Å². The number of hydrogen-bond donors (Lipinski definition) is 1. The Kier molecular flexibility index (Phi) is 3.38. The van der Waals surface area contributed by atoms with Gasteiger partial charge < -0.3 is 5.73 Å². The fourth-order valence-electron chi connectivity index (χ4n) is 3.10. The first-order valence-corrected chi connectivity index (χ1v) is 7.41. The van der Waals surface area contributed by atoms with Crippen LogP contribution in [0.3, 0.4) is 0 Å². The van der Waals surface area contributed by atoms with Gasteiger partial charge in [-0.3, -0.25) is 4.68 Å². The van der Waals surface area contributed by atoms with Crippen LogP contribution in [0.5, 0.6) is 0 Å².